The van der Waals surface area contributed by atoms with Crippen molar-refractivity contribution in [2.45, 2.75) is 45.2 Å². The summed E-state index contributed by atoms with van der Waals surface area (Å²) < 4.78 is 5.40. The van der Waals surface area contributed by atoms with E-state index in [2.05, 4.69) is 17.4 Å². The van der Waals surface area contributed by atoms with Crippen LogP contribution in [0, 0.1) is 0 Å². The molecule has 7 heteroatoms. The molecule has 0 saturated heterocycles. The summed E-state index contributed by atoms with van der Waals surface area (Å²) in [6, 6.07) is 34.3. The highest BCUT2D eigenvalue weighted by Crippen LogP contribution is 2.38. The number of rotatable bonds is 10. The Bertz CT molecular complexity index is 1630. The average molecular weight is 607 g/mol. The smallest absolute Gasteiger partial charge is 0.336 e. The quantitative estimate of drug-likeness (QED) is 0.191. The average Bonchev–Trinajstić information content (AvgIpc) is 3.04. The van der Waals surface area contributed by atoms with Crippen LogP contribution in [0.4, 0.5) is 0 Å². The first-order chi connectivity index (χ1) is 21.3. The number of hydrogen-bond acceptors (Lipinski definition) is 4. The molecule has 1 N–H and O–H groups in total. The largest absolute Gasteiger partial charge is 0.463 e. The number of carbonyl (C=O) groups excluding carboxylic acids is 3. The molecule has 0 bridgehead atoms. The molecule has 0 aromatic heterocycles. The van der Waals surface area contributed by atoms with Crippen molar-refractivity contribution in [3.05, 3.63) is 153 Å². The Morgan fingerprint density at radius 3 is 2.16 bits per heavy atom. The number of ether oxygens (including phenoxy) is 1. The predicted molar refractivity (Wildman–Crippen MR) is 172 cm³/mol. The molecule has 1 aliphatic rings. The van der Waals surface area contributed by atoms with Gasteiger partial charge in [-0.3, -0.25) is 9.59 Å². The summed E-state index contributed by atoms with van der Waals surface area (Å²) in [4.78, 5) is 41.5. The van der Waals surface area contributed by atoms with Gasteiger partial charge < -0.3 is 15.0 Å². The second-order valence-corrected chi connectivity index (χ2v) is 11.3. The van der Waals surface area contributed by atoms with Gasteiger partial charge in [0.1, 0.15) is 0 Å². The molecule has 5 rings (SSSR count). The zero-order chi connectivity index (χ0) is 31.1. The van der Waals surface area contributed by atoms with Crippen LogP contribution in [0.3, 0.4) is 0 Å². The summed E-state index contributed by atoms with van der Waals surface area (Å²) in [6.45, 7) is 4.04. The highest BCUT2D eigenvalue weighted by Gasteiger charge is 2.37. The number of esters is 1. The zero-order valence-electron chi connectivity index (χ0n) is 24.8. The van der Waals surface area contributed by atoms with Gasteiger partial charge >= 0.3 is 5.97 Å². The molecule has 1 aliphatic heterocycles. The van der Waals surface area contributed by atoms with E-state index in [0.29, 0.717) is 28.3 Å². The molecule has 4 aromatic rings. The van der Waals surface area contributed by atoms with Gasteiger partial charge in [0.2, 0.25) is 5.91 Å². The highest BCUT2D eigenvalue weighted by molar-refractivity contribution is 6.30. The van der Waals surface area contributed by atoms with Crippen molar-refractivity contribution in [3.8, 4) is 0 Å². The van der Waals surface area contributed by atoms with E-state index in [1.54, 1.807) is 43.0 Å². The summed E-state index contributed by atoms with van der Waals surface area (Å²) in [7, 11) is 0. The Balaban J connectivity index is 1.34. The summed E-state index contributed by atoms with van der Waals surface area (Å²) in [6.07, 6.45) is 0.799. The molecule has 2 unspecified atom stereocenters. The number of halogens is 1. The van der Waals surface area contributed by atoms with E-state index in [1.807, 2.05) is 72.8 Å². The van der Waals surface area contributed by atoms with Crippen molar-refractivity contribution in [1.82, 2.24) is 10.2 Å². The van der Waals surface area contributed by atoms with Gasteiger partial charge in [-0.1, -0.05) is 96.5 Å². The standard InChI is InChI=1S/C37H35ClN2O4/c1-3-44-37(43)35-25(2)40(34(41)23-32(35)28-18-20-31(38)21-19-28)24-27-14-16-30(17-15-27)36(42)39-33(29-12-8-5-9-13-29)22-26-10-6-4-7-11-26/h4-21,32-33H,3,22-24H2,1-2H3,(H,39,42). The maximum Gasteiger partial charge on any atom is 0.336 e. The number of allylic oxidation sites excluding steroid dienone is 1. The van der Waals surface area contributed by atoms with Crippen LogP contribution in [0.2, 0.25) is 5.02 Å². The van der Waals surface area contributed by atoms with Crippen LogP contribution in [0.15, 0.2) is 120 Å². The van der Waals surface area contributed by atoms with Crippen molar-refractivity contribution in [3.63, 3.8) is 0 Å². The molecular formula is C37H35ClN2O4. The Morgan fingerprint density at radius 2 is 1.52 bits per heavy atom. The van der Waals surface area contributed by atoms with Gasteiger partial charge in [-0.25, -0.2) is 4.79 Å². The lowest BCUT2D eigenvalue weighted by atomic mass is 9.83. The third-order valence-electron chi connectivity index (χ3n) is 7.94. The number of nitrogens with zero attached hydrogens (tertiary/aromatic N) is 1. The first-order valence-corrected chi connectivity index (χ1v) is 15.1. The van der Waals surface area contributed by atoms with Gasteiger partial charge in [-0.2, -0.15) is 0 Å². The minimum atomic E-state index is -0.432. The molecule has 0 radical (unpaired) electrons. The molecule has 6 nitrogen and oxygen atoms in total. The van der Waals surface area contributed by atoms with Crippen LogP contribution < -0.4 is 5.32 Å². The lowest BCUT2D eigenvalue weighted by Gasteiger charge is -2.34. The fraction of sp³-hybridized carbons (Fsp3) is 0.216. The van der Waals surface area contributed by atoms with Crippen LogP contribution in [0.5, 0.6) is 0 Å². The fourth-order valence-electron chi connectivity index (χ4n) is 5.63. The third-order valence-corrected chi connectivity index (χ3v) is 8.19. The molecule has 44 heavy (non-hydrogen) atoms. The topological polar surface area (TPSA) is 75.7 Å². The van der Waals surface area contributed by atoms with Gasteiger partial charge in [0, 0.05) is 28.6 Å². The van der Waals surface area contributed by atoms with Crippen molar-refractivity contribution in [1.29, 1.82) is 0 Å². The van der Waals surface area contributed by atoms with E-state index in [9.17, 15) is 14.4 Å². The fourth-order valence-corrected chi connectivity index (χ4v) is 5.76. The molecule has 2 atom stereocenters. The van der Waals surface area contributed by atoms with Gasteiger partial charge in [-0.05, 0) is 66.8 Å². The Labute approximate surface area is 263 Å². The van der Waals surface area contributed by atoms with Crippen molar-refractivity contribution < 1.29 is 19.1 Å². The molecule has 0 fully saturated rings. The molecule has 4 aromatic carbocycles. The second kappa shape index (κ2) is 14.2. The van der Waals surface area contributed by atoms with E-state index < -0.39 is 11.9 Å². The molecule has 1 heterocycles. The Hall–Kier alpha value is -4.68. The van der Waals surface area contributed by atoms with E-state index in [1.165, 1.54) is 0 Å². The minimum Gasteiger partial charge on any atom is -0.463 e. The summed E-state index contributed by atoms with van der Waals surface area (Å²) in [5.74, 6) is -1.13. The predicted octanol–water partition coefficient (Wildman–Crippen LogP) is 7.41. The summed E-state index contributed by atoms with van der Waals surface area (Å²) >= 11 is 6.08. The minimum absolute atomic E-state index is 0.0936. The van der Waals surface area contributed by atoms with Crippen molar-refractivity contribution >= 4 is 29.4 Å². The summed E-state index contributed by atoms with van der Waals surface area (Å²) in [5, 5.41) is 3.78. The SMILES string of the molecule is CCOC(=O)C1=C(C)N(Cc2ccc(C(=O)NC(Cc3ccccc3)c3ccccc3)cc2)C(=O)CC1c1ccc(Cl)cc1. The molecule has 0 aliphatic carbocycles. The first-order valence-electron chi connectivity index (χ1n) is 14.8. The van der Waals surface area contributed by atoms with Gasteiger partial charge in [0.25, 0.3) is 5.91 Å². The summed E-state index contributed by atoms with van der Waals surface area (Å²) in [5.41, 5.74) is 5.39. The van der Waals surface area contributed by atoms with Gasteiger partial charge in [0.05, 0.1) is 24.8 Å². The molecule has 2 amide bonds. The number of carbonyl (C=O) groups is 3. The van der Waals surface area contributed by atoms with E-state index in [4.69, 9.17) is 16.3 Å². The number of hydrogen-bond donors (Lipinski definition) is 1. The number of nitrogens with one attached hydrogen (secondary N) is 1. The monoisotopic (exact) mass is 606 g/mol. The third kappa shape index (κ3) is 7.26. The maximum atomic E-state index is 13.4. The van der Waals surface area contributed by atoms with Crippen LogP contribution in [0.1, 0.15) is 64.8 Å². The lowest BCUT2D eigenvalue weighted by molar-refractivity contribution is -0.140. The van der Waals surface area contributed by atoms with Crippen LogP contribution >= 0.6 is 11.6 Å². The van der Waals surface area contributed by atoms with Gasteiger partial charge in [0.15, 0.2) is 0 Å². The normalized spacial score (nSPS) is 15.6. The van der Waals surface area contributed by atoms with Crippen LogP contribution in [-0.4, -0.2) is 29.3 Å². The highest BCUT2D eigenvalue weighted by atomic mass is 35.5. The molecule has 0 saturated carbocycles. The zero-order valence-corrected chi connectivity index (χ0v) is 25.6. The van der Waals surface area contributed by atoms with Crippen LogP contribution in [-0.2, 0) is 27.3 Å². The van der Waals surface area contributed by atoms with E-state index in [0.717, 1.165) is 22.3 Å². The second-order valence-electron chi connectivity index (χ2n) is 10.8. The number of benzene rings is 4. The Morgan fingerprint density at radius 1 is 0.886 bits per heavy atom. The van der Waals surface area contributed by atoms with Crippen molar-refractivity contribution in [2.75, 3.05) is 6.61 Å². The molecular weight excluding hydrogens is 572 g/mol. The van der Waals surface area contributed by atoms with Crippen molar-refractivity contribution in [2.24, 2.45) is 0 Å². The van der Waals surface area contributed by atoms with Crippen LogP contribution in [0.25, 0.3) is 0 Å². The first kappa shape index (κ1) is 30.8. The molecule has 224 valence electrons. The van der Waals surface area contributed by atoms with E-state index in [-0.39, 0.29) is 37.4 Å². The Kier molecular flexibility index (Phi) is 9.93. The number of amides is 2. The lowest BCUT2D eigenvalue weighted by Crippen LogP contribution is -2.38. The van der Waals surface area contributed by atoms with Gasteiger partial charge in [-0.15, -0.1) is 0 Å². The maximum absolute atomic E-state index is 13.4. The molecule has 0 spiro atoms. The van der Waals surface area contributed by atoms with E-state index >= 15 is 0 Å².